The summed E-state index contributed by atoms with van der Waals surface area (Å²) in [5, 5.41) is 3.58. The number of nitrogens with zero attached hydrogens (tertiary/aromatic N) is 1. The fraction of sp³-hybridized carbons (Fsp3) is 0.933. The van der Waals surface area contributed by atoms with Crippen molar-refractivity contribution < 1.29 is 9.53 Å². The van der Waals surface area contributed by atoms with E-state index in [1.165, 1.54) is 32.2 Å². The minimum absolute atomic E-state index is 0.209. The molecule has 2 bridgehead atoms. The number of ether oxygens (including phenoxy) is 1. The maximum absolute atomic E-state index is 11.8. The van der Waals surface area contributed by atoms with Crippen molar-refractivity contribution in [3.05, 3.63) is 0 Å². The van der Waals surface area contributed by atoms with Gasteiger partial charge in [0.05, 0.1) is 0 Å². The van der Waals surface area contributed by atoms with E-state index in [0.717, 1.165) is 19.0 Å². The van der Waals surface area contributed by atoms with Crippen molar-refractivity contribution in [1.29, 1.82) is 0 Å². The normalized spacial score (nSPS) is 29.6. The number of carbonyl (C=O) groups is 1. The summed E-state index contributed by atoms with van der Waals surface area (Å²) in [5.41, 5.74) is 0.123. The summed E-state index contributed by atoms with van der Waals surface area (Å²) >= 11 is 0. The van der Waals surface area contributed by atoms with E-state index in [9.17, 15) is 4.79 Å². The molecule has 0 aromatic rings. The quantitative estimate of drug-likeness (QED) is 0.852. The highest BCUT2D eigenvalue weighted by Crippen LogP contribution is 2.45. The predicted octanol–water partition coefficient (Wildman–Crippen LogP) is 2.78. The lowest BCUT2D eigenvalue weighted by atomic mass is 9.83. The molecule has 4 nitrogen and oxygen atoms in total. The van der Waals surface area contributed by atoms with Crippen LogP contribution in [0.4, 0.5) is 4.79 Å². The molecule has 1 aliphatic heterocycles. The highest BCUT2D eigenvalue weighted by molar-refractivity contribution is 5.67. The van der Waals surface area contributed by atoms with Gasteiger partial charge in [-0.1, -0.05) is 0 Å². The molecule has 4 heteroatoms. The molecular weight excluding hydrogens is 240 g/mol. The number of hydrogen-bond donors (Lipinski definition) is 1. The first-order chi connectivity index (χ1) is 8.80. The van der Waals surface area contributed by atoms with E-state index in [4.69, 9.17) is 4.74 Å². The van der Waals surface area contributed by atoms with E-state index in [1.807, 2.05) is 27.8 Å². The van der Waals surface area contributed by atoms with Crippen LogP contribution >= 0.6 is 0 Å². The summed E-state index contributed by atoms with van der Waals surface area (Å²) in [7, 11) is 1.83. The maximum atomic E-state index is 11.8. The molecule has 1 saturated carbocycles. The van der Waals surface area contributed by atoms with Crippen LogP contribution in [0.1, 0.15) is 52.9 Å². The largest absolute Gasteiger partial charge is 0.444 e. The third-order valence-electron chi connectivity index (χ3n) is 4.37. The van der Waals surface area contributed by atoms with Crippen LogP contribution in [0.5, 0.6) is 0 Å². The monoisotopic (exact) mass is 268 g/mol. The zero-order chi connectivity index (χ0) is 14.1. The molecular formula is C15H28N2O2. The topological polar surface area (TPSA) is 41.6 Å². The van der Waals surface area contributed by atoms with Crippen LogP contribution in [0.2, 0.25) is 0 Å². The predicted molar refractivity (Wildman–Crippen MR) is 76.2 cm³/mol. The zero-order valence-corrected chi connectivity index (χ0v) is 12.8. The van der Waals surface area contributed by atoms with Crippen LogP contribution in [0.3, 0.4) is 0 Å². The number of carbonyl (C=O) groups excluding carboxylic acids is 1. The Morgan fingerprint density at radius 1 is 1.47 bits per heavy atom. The van der Waals surface area contributed by atoms with Crippen molar-refractivity contribution in [2.45, 2.75) is 64.5 Å². The maximum Gasteiger partial charge on any atom is 0.410 e. The highest BCUT2D eigenvalue weighted by Gasteiger charge is 2.43. The van der Waals surface area contributed by atoms with E-state index >= 15 is 0 Å². The Balaban J connectivity index is 1.69. The molecule has 0 spiro atoms. The van der Waals surface area contributed by atoms with E-state index in [1.54, 1.807) is 4.90 Å². The molecule has 2 unspecified atom stereocenters. The molecule has 0 aromatic heterocycles. The Bertz CT molecular complexity index is 328. The summed E-state index contributed by atoms with van der Waals surface area (Å²) < 4.78 is 5.36. The molecule has 2 atom stereocenters. The molecule has 2 aliphatic rings. The molecule has 1 N–H and O–H groups in total. The van der Waals surface area contributed by atoms with Gasteiger partial charge in [0, 0.05) is 26.2 Å². The van der Waals surface area contributed by atoms with Crippen molar-refractivity contribution in [3.63, 3.8) is 0 Å². The Labute approximate surface area is 116 Å². The Morgan fingerprint density at radius 2 is 2.21 bits per heavy atom. The SMILES string of the molecule is CN(CCCC12CCC(C1)NC2)C(=O)OC(C)(C)C. The van der Waals surface area contributed by atoms with Gasteiger partial charge in [-0.2, -0.15) is 0 Å². The number of piperidine rings is 1. The molecule has 1 aliphatic carbocycles. The lowest BCUT2D eigenvalue weighted by molar-refractivity contribution is 0.0291. The molecule has 1 heterocycles. The van der Waals surface area contributed by atoms with Gasteiger partial charge < -0.3 is 15.0 Å². The van der Waals surface area contributed by atoms with Crippen LogP contribution in [0.15, 0.2) is 0 Å². The van der Waals surface area contributed by atoms with Crippen LogP contribution < -0.4 is 5.32 Å². The van der Waals surface area contributed by atoms with E-state index in [0.29, 0.717) is 5.41 Å². The average molecular weight is 268 g/mol. The summed E-state index contributed by atoms with van der Waals surface area (Å²) in [6.45, 7) is 7.68. The average Bonchev–Trinajstić information content (AvgIpc) is 2.86. The van der Waals surface area contributed by atoms with Crippen molar-refractivity contribution in [1.82, 2.24) is 10.2 Å². The zero-order valence-electron chi connectivity index (χ0n) is 12.8. The van der Waals surface area contributed by atoms with Gasteiger partial charge in [0.2, 0.25) is 0 Å². The van der Waals surface area contributed by atoms with E-state index in [-0.39, 0.29) is 6.09 Å². The second kappa shape index (κ2) is 5.31. The first-order valence-corrected chi connectivity index (χ1v) is 7.47. The van der Waals surface area contributed by atoms with Gasteiger partial charge in [-0.3, -0.25) is 0 Å². The lowest BCUT2D eigenvalue weighted by Crippen LogP contribution is -2.35. The summed E-state index contributed by atoms with van der Waals surface area (Å²) in [6.07, 6.45) is 6.12. The Morgan fingerprint density at radius 3 is 2.68 bits per heavy atom. The van der Waals surface area contributed by atoms with E-state index < -0.39 is 5.60 Å². The van der Waals surface area contributed by atoms with Crippen molar-refractivity contribution in [2.24, 2.45) is 5.41 Å². The second-order valence-electron chi connectivity index (χ2n) is 7.33. The van der Waals surface area contributed by atoms with Crippen LogP contribution in [-0.4, -0.2) is 42.8 Å². The first kappa shape index (κ1) is 14.6. The van der Waals surface area contributed by atoms with E-state index in [2.05, 4.69) is 5.32 Å². The van der Waals surface area contributed by atoms with Crippen molar-refractivity contribution in [3.8, 4) is 0 Å². The Hall–Kier alpha value is -0.770. The molecule has 2 fully saturated rings. The first-order valence-electron chi connectivity index (χ1n) is 7.47. The standard InChI is InChI=1S/C15H28N2O2/c1-14(2,3)19-13(18)17(4)9-5-7-15-8-6-12(10-15)16-11-15/h12,16H,5-11H2,1-4H3. The molecule has 19 heavy (non-hydrogen) atoms. The minimum Gasteiger partial charge on any atom is -0.444 e. The number of fused-ring (bicyclic) bond motifs is 2. The van der Waals surface area contributed by atoms with Gasteiger partial charge >= 0.3 is 6.09 Å². The van der Waals surface area contributed by atoms with Gasteiger partial charge in [0.1, 0.15) is 5.60 Å². The van der Waals surface area contributed by atoms with Crippen LogP contribution in [0, 0.1) is 5.41 Å². The number of hydrogen-bond acceptors (Lipinski definition) is 3. The molecule has 1 amide bonds. The van der Waals surface area contributed by atoms with Gasteiger partial charge in [0.25, 0.3) is 0 Å². The van der Waals surface area contributed by atoms with Gasteiger partial charge in [0.15, 0.2) is 0 Å². The lowest BCUT2D eigenvalue weighted by Gasteiger charge is -2.28. The van der Waals surface area contributed by atoms with Gasteiger partial charge in [-0.15, -0.1) is 0 Å². The third kappa shape index (κ3) is 3.85. The molecule has 0 aromatic carbocycles. The van der Waals surface area contributed by atoms with Crippen molar-refractivity contribution >= 4 is 6.09 Å². The minimum atomic E-state index is -0.405. The summed E-state index contributed by atoms with van der Waals surface area (Å²) in [6, 6.07) is 0.767. The number of rotatable bonds is 4. The molecule has 1 saturated heterocycles. The highest BCUT2D eigenvalue weighted by atomic mass is 16.6. The molecule has 2 rings (SSSR count). The molecule has 0 radical (unpaired) electrons. The number of nitrogens with one attached hydrogen (secondary N) is 1. The third-order valence-corrected chi connectivity index (χ3v) is 4.37. The Kier molecular flexibility index (Phi) is 4.09. The fourth-order valence-electron chi connectivity index (χ4n) is 3.34. The second-order valence-corrected chi connectivity index (χ2v) is 7.33. The molecule has 110 valence electrons. The van der Waals surface area contributed by atoms with Crippen LogP contribution in [0.25, 0.3) is 0 Å². The van der Waals surface area contributed by atoms with Crippen LogP contribution in [-0.2, 0) is 4.74 Å². The van der Waals surface area contributed by atoms with Gasteiger partial charge in [-0.25, -0.2) is 4.79 Å². The smallest absolute Gasteiger partial charge is 0.410 e. The summed E-state index contributed by atoms with van der Waals surface area (Å²) in [4.78, 5) is 13.5. The summed E-state index contributed by atoms with van der Waals surface area (Å²) in [5.74, 6) is 0. The fourth-order valence-corrected chi connectivity index (χ4v) is 3.34. The van der Waals surface area contributed by atoms with Gasteiger partial charge in [-0.05, 0) is 58.3 Å². The van der Waals surface area contributed by atoms with Crippen molar-refractivity contribution in [2.75, 3.05) is 20.1 Å². The number of amides is 1.